The van der Waals surface area contributed by atoms with Crippen LogP contribution in [0.15, 0.2) is 10.9 Å². The molecule has 0 unspecified atom stereocenters. The van der Waals surface area contributed by atoms with Gasteiger partial charge in [0.2, 0.25) is 0 Å². The fraction of sp³-hybridized carbons (Fsp3) is 0.667. The Morgan fingerprint density at radius 3 is 2.75 bits per heavy atom. The highest BCUT2D eigenvalue weighted by Gasteiger charge is 2.21. The van der Waals surface area contributed by atoms with Crippen LogP contribution in [0.2, 0.25) is 0 Å². The summed E-state index contributed by atoms with van der Waals surface area (Å²) >= 11 is 0. The number of rotatable bonds is 2. The molecule has 0 aromatic carbocycles. The van der Waals surface area contributed by atoms with Crippen molar-refractivity contribution in [3.63, 3.8) is 0 Å². The number of aromatic nitrogens is 2. The third-order valence-electron chi connectivity index (χ3n) is 3.42. The lowest BCUT2D eigenvalue weighted by atomic mass is 9.82. The average molecular weight is 221 g/mol. The van der Waals surface area contributed by atoms with Gasteiger partial charge in [-0.3, -0.25) is 4.79 Å². The molecule has 0 spiro atoms. The molecule has 1 aromatic heterocycles. The van der Waals surface area contributed by atoms with E-state index in [1.807, 2.05) is 0 Å². The van der Waals surface area contributed by atoms with Crippen LogP contribution in [0.4, 0.5) is 0 Å². The fourth-order valence-corrected chi connectivity index (χ4v) is 2.36. The molecule has 0 atom stereocenters. The van der Waals surface area contributed by atoms with Crippen LogP contribution >= 0.6 is 0 Å². The van der Waals surface area contributed by atoms with Gasteiger partial charge in [0.25, 0.3) is 5.56 Å². The number of nitrogens with two attached hydrogens (primary N) is 1. The Kier molecular flexibility index (Phi) is 3.39. The molecule has 1 aromatic rings. The van der Waals surface area contributed by atoms with Gasteiger partial charge < -0.3 is 10.7 Å². The van der Waals surface area contributed by atoms with Crippen LogP contribution in [0.3, 0.4) is 0 Å². The van der Waals surface area contributed by atoms with Gasteiger partial charge in [0.15, 0.2) is 0 Å². The maximum absolute atomic E-state index is 11.4. The van der Waals surface area contributed by atoms with Crippen molar-refractivity contribution in [3.8, 4) is 0 Å². The second kappa shape index (κ2) is 4.78. The van der Waals surface area contributed by atoms with Crippen molar-refractivity contribution in [1.29, 1.82) is 0 Å². The minimum Gasteiger partial charge on any atom is -0.325 e. The molecule has 1 saturated carbocycles. The maximum Gasteiger partial charge on any atom is 0.251 e. The Morgan fingerprint density at radius 2 is 2.12 bits per heavy atom. The second-order valence-electron chi connectivity index (χ2n) is 4.78. The Bertz CT molecular complexity index is 405. The molecule has 16 heavy (non-hydrogen) atoms. The van der Waals surface area contributed by atoms with Crippen molar-refractivity contribution < 1.29 is 0 Å². The fourth-order valence-electron chi connectivity index (χ4n) is 2.36. The number of hydrogen-bond acceptors (Lipinski definition) is 3. The molecule has 0 radical (unpaired) electrons. The first-order chi connectivity index (χ1) is 7.69. The molecule has 4 heteroatoms. The van der Waals surface area contributed by atoms with E-state index in [1.165, 1.54) is 18.9 Å². The van der Waals surface area contributed by atoms with E-state index in [0.717, 1.165) is 24.6 Å². The standard InChI is InChI=1S/C12H19N3O/c1-8-2-4-9(5-3-8)12-14-10(7-13)6-11(16)15-12/h6,8-9H,2-5,7,13H2,1H3,(H,14,15,16). The van der Waals surface area contributed by atoms with Crippen LogP contribution in [0.5, 0.6) is 0 Å². The van der Waals surface area contributed by atoms with E-state index < -0.39 is 0 Å². The largest absolute Gasteiger partial charge is 0.325 e. The Hall–Kier alpha value is -1.16. The molecular formula is C12H19N3O. The molecule has 1 aliphatic carbocycles. The van der Waals surface area contributed by atoms with Crippen molar-refractivity contribution in [1.82, 2.24) is 9.97 Å². The summed E-state index contributed by atoms with van der Waals surface area (Å²) in [6, 6.07) is 1.48. The lowest BCUT2D eigenvalue weighted by molar-refractivity contribution is 0.339. The van der Waals surface area contributed by atoms with Gasteiger partial charge in [-0.25, -0.2) is 4.98 Å². The summed E-state index contributed by atoms with van der Waals surface area (Å²) in [5.74, 6) is 2.05. The highest BCUT2D eigenvalue weighted by Crippen LogP contribution is 2.33. The SMILES string of the molecule is CC1CCC(c2nc(CN)cc(=O)[nH]2)CC1. The first-order valence-electron chi connectivity index (χ1n) is 5.99. The van der Waals surface area contributed by atoms with Gasteiger partial charge in [0.1, 0.15) is 5.82 Å². The molecule has 1 fully saturated rings. The smallest absolute Gasteiger partial charge is 0.251 e. The minimum absolute atomic E-state index is 0.0796. The lowest BCUT2D eigenvalue weighted by Gasteiger charge is -2.25. The van der Waals surface area contributed by atoms with Crippen molar-refractivity contribution in [3.05, 3.63) is 27.9 Å². The molecule has 0 saturated heterocycles. The van der Waals surface area contributed by atoms with E-state index in [4.69, 9.17) is 5.73 Å². The molecule has 1 aliphatic rings. The third-order valence-corrected chi connectivity index (χ3v) is 3.42. The Labute approximate surface area is 95.3 Å². The molecule has 2 rings (SSSR count). The number of hydrogen-bond donors (Lipinski definition) is 2. The maximum atomic E-state index is 11.4. The van der Waals surface area contributed by atoms with E-state index in [9.17, 15) is 4.79 Å². The predicted molar refractivity (Wildman–Crippen MR) is 63.1 cm³/mol. The lowest BCUT2D eigenvalue weighted by Crippen LogP contribution is -2.20. The van der Waals surface area contributed by atoms with Crippen LogP contribution in [0.1, 0.15) is 50.0 Å². The zero-order valence-corrected chi connectivity index (χ0v) is 9.70. The van der Waals surface area contributed by atoms with Gasteiger partial charge in [-0.2, -0.15) is 0 Å². The monoisotopic (exact) mass is 221 g/mol. The molecule has 0 aliphatic heterocycles. The minimum atomic E-state index is -0.0796. The third kappa shape index (κ3) is 2.50. The van der Waals surface area contributed by atoms with Gasteiger partial charge in [0.05, 0.1) is 5.69 Å². The normalized spacial score (nSPS) is 25.6. The second-order valence-corrected chi connectivity index (χ2v) is 4.78. The summed E-state index contributed by atoms with van der Waals surface area (Å²) in [6.45, 7) is 2.61. The molecule has 88 valence electrons. The predicted octanol–water partition coefficient (Wildman–Crippen LogP) is 1.52. The van der Waals surface area contributed by atoms with Gasteiger partial charge >= 0.3 is 0 Å². The van der Waals surface area contributed by atoms with Gasteiger partial charge in [0, 0.05) is 18.5 Å². The van der Waals surface area contributed by atoms with E-state index in [2.05, 4.69) is 16.9 Å². The number of aromatic amines is 1. The molecule has 4 nitrogen and oxygen atoms in total. The summed E-state index contributed by atoms with van der Waals surface area (Å²) in [4.78, 5) is 18.7. The molecule has 3 N–H and O–H groups in total. The van der Waals surface area contributed by atoms with Crippen LogP contribution in [0.25, 0.3) is 0 Å². The zero-order chi connectivity index (χ0) is 11.5. The number of nitrogens with zero attached hydrogens (tertiary/aromatic N) is 1. The van der Waals surface area contributed by atoms with Crippen molar-refractivity contribution in [2.24, 2.45) is 11.7 Å². The van der Waals surface area contributed by atoms with Crippen molar-refractivity contribution >= 4 is 0 Å². The van der Waals surface area contributed by atoms with Crippen LogP contribution in [0, 0.1) is 5.92 Å². The topological polar surface area (TPSA) is 71.8 Å². The highest BCUT2D eigenvalue weighted by atomic mass is 16.1. The van der Waals surface area contributed by atoms with Gasteiger partial charge in [-0.15, -0.1) is 0 Å². The number of nitrogens with one attached hydrogen (secondary N) is 1. The quantitative estimate of drug-likeness (QED) is 0.795. The summed E-state index contributed by atoms with van der Waals surface area (Å²) in [6.07, 6.45) is 4.69. The summed E-state index contributed by atoms with van der Waals surface area (Å²) in [7, 11) is 0. The van der Waals surface area contributed by atoms with E-state index >= 15 is 0 Å². The van der Waals surface area contributed by atoms with Crippen LogP contribution in [-0.2, 0) is 6.54 Å². The molecular weight excluding hydrogens is 202 g/mol. The van der Waals surface area contributed by atoms with Crippen LogP contribution < -0.4 is 11.3 Å². The summed E-state index contributed by atoms with van der Waals surface area (Å²) in [5.41, 5.74) is 6.14. The van der Waals surface area contributed by atoms with Crippen LogP contribution in [-0.4, -0.2) is 9.97 Å². The van der Waals surface area contributed by atoms with Gasteiger partial charge in [-0.1, -0.05) is 19.8 Å². The first-order valence-corrected chi connectivity index (χ1v) is 5.99. The summed E-state index contributed by atoms with van der Waals surface area (Å²) < 4.78 is 0. The molecule has 1 heterocycles. The van der Waals surface area contributed by atoms with E-state index in [0.29, 0.717) is 18.2 Å². The Balaban J connectivity index is 2.20. The average Bonchev–Trinajstić information content (AvgIpc) is 2.29. The van der Waals surface area contributed by atoms with E-state index in [1.54, 1.807) is 0 Å². The van der Waals surface area contributed by atoms with Crippen molar-refractivity contribution in [2.75, 3.05) is 0 Å². The van der Waals surface area contributed by atoms with Gasteiger partial charge in [-0.05, 0) is 18.8 Å². The molecule has 0 amide bonds. The Morgan fingerprint density at radius 1 is 1.44 bits per heavy atom. The zero-order valence-electron chi connectivity index (χ0n) is 9.70. The van der Waals surface area contributed by atoms with E-state index in [-0.39, 0.29) is 5.56 Å². The molecule has 0 bridgehead atoms. The van der Waals surface area contributed by atoms with Crippen molar-refractivity contribution in [2.45, 2.75) is 45.1 Å². The summed E-state index contributed by atoms with van der Waals surface area (Å²) in [5, 5.41) is 0. The first kappa shape index (κ1) is 11.3. The number of H-pyrrole nitrogens is 1. The highest BCUT2D eigenvalue weighted by molar-refractivity contribution is 5.06.